The molecule has 0 aliphatic carbocycles. The molecule has 2 heterocycles. The Bertz CT molecular complexity index is 1130. The lowest BCUT2D eigenvalue weighted by atomic mass is 9.93. The fourth-order valence-corrected chi connectivity index (χ4v) is 5.46. The van der Waals surface area contributed by atoms with Gasteiger partial charge in [-0.25, -0.2) is 26.2 Å². The number of rotatable bonds is 5. The van der Waals surface area contributed by atoms with Crippen LogP contribution in [-0.2, 0) is 15.8 Å². The predicted octanol–water partition coefficient (Wildman–Crippen LogP) is 4.17. The second-order valence-electron chi connectivity index (χ2n) is 7.76. The molecule has 4 rings (SSSR count). The van der Waals surface area contributed by atoms with Crippen LogP contribution in [0.2, 0.25) is 0 Å². The van der Waals surface area contributed by atoms with Crippen molar-refractivity contribution in [2.24, 2.45) is 0 Å². The van der Waals surface area contributed by atoms with Gasteiger partial charge < -0.3 is 0 Å². The molecular weight excluding hydrogens is 408 g/mol. The molecule has 1 aromatic heterocycles. The highest BCUT2D eigenvalue weighted by Gasteiger charge is 2.29. The van der Waals surface area contributed by atoms with E-state index < -0.39 is 27.4 Å². The zero-order valence-corrected chi connectivity index (χ0v) is 17.4. The summed E-state index contributed by atoms with van der Waals surface area (Å²) in [5, 5.41) is 4.46. The van der Waals surface area contributed by atoms with Crippen LogP contribution in [0.5, 0.6) is 0 Å². The van der Waals surface area contributed by atoms with Gasteiger partial charge in [0.05, 0.1) is 17.6 Å². The summed E-state index contributed by atoms with van der Waals surface area (Å²) >= 11 is 0. The molecule has 0 amide bonds. The maximum absolute atomic E-state index is 13.4. The van der Waals surface area contributed by atoms with Crippen LogP contribution in [0.3, 0.4) is 0 Å². The smallest absolute Gasteiger partial charge is 0.218 e. The standard InChI is InChI=1S/C22H23F2N3O2S/c1-16-3-2-4-22(9-16)27-14-19(13-25-27)18-5-7-26(8-6-18)30(28,29)15-17-10-20(23)12-21(24)11-17/h2-4,9-14,18H,5-8,15H2,1H3. The maximum atomic E-state index is 13.4. The van der Waals surface area contributed by atoms with E-state index in [2.05, 4.69) is 11.2 Å². The fraction of sp³-hybridized carbons (Fsp3) is 0.318. The van der Waals surface area contributed by atoms with Crippen LogP contribution in [0.15, 0.2) is 54.9 Å². The van der Waals surface area contributed by atoms with Crippen molar-refractivity contribution < 1.29 is 17.2 Å². The van der Waals surface area contributed by atoms with Crippen molar-refractivity contribution in [1.29, 1.82) is 0 Å². The van der Waals surface area contributed by atoms with Gasteiger partial charge in [-0.3, -0.25) is 0 Å². The van der Waals surface area contributed by atoms with Crippen LogP contribution < -0.4 is 0 Å². The van der Waals surface area contributed by atoms with E-state index in [1.165, 1.54) is 4.31 Å². The van der Waals surface area contributed by atoms with Crippen LogP contribution in [-0.4, -0.2) is 35.6 Å². The Labute approximate surface area is 175 Å². The van der Waals surface area contributed by atoms with Crippen LogP contribution in [0.25, 0.3) is 5.69 Å². The predicted molar refractivity (Wildman–Crippen MR) is 111 cm³/mol. The van der Waals surface area contributed by atoms with Gasteiger partial charge in [0.25, 0.3) is 0 Å². The second-order valence-corrected chi connectivity index (χ2v) is 9.73. The SMILES string of the molecule is Cc1cccc(-n2cc(C3CCN(S(=O)(=O)Cc4cc(F)cc(F)c4)CC3)cn2)c1. The van der Waals surface area contributed by atoms with Crippen molar-refractivity contribution in [3.63, 3.8) is 0 Å². The number of sulfonamides is 1. The van der Waals surface area contributed by atoms with Crippen LogP contribution in [0, 0.1) is 18.6 Å². The largest absolute Gasteiger partial charge is 0.241 e. The third-order valence-electron chi connectivity index (χ3n) is 5.46. The summed E-state index contributed by atoms with van der Waals surface area (Å²) in [6.45, 7) is 2.78. The molecule has 0 spiro atoms. The number of benzene rings is 2. The lowest BCUT2D eigenvalue weighted by Gasteiger charge is -2.30. The van der Waals surface area contributed by atoms with Crippen molar-refractivity contribution in [3.05, 3.63) is 83.2 Å². The number of halogens is 2. The second kappa shape index (κ2) is 8.28. The van der Waals surface area contributed by atoms with Crippen LogP contribution in [0.4, 0.5) is 8.78 Å². The number of piperidine rings is 1. The highest BCUT2D eigenvalue weighted by atomic mass is 32.2. The minimum absolute atomic E-state index is 0.119. The Morgan fingerprint density at radius 3 is 2.43 bits per heavy atom. The zero-order chi connectivity index (χ0) is 21.3. The molecule has 0 bridgehead atoms. The molecule has 0 N–H and O–H groups in total. The Hall–Kier alpha value is -2.58. The molecule has 0 saturated carbocycles. The maximum Gasteiger partial charge on any atom is 0.218 e. The van der Waals surface area contributed by atoms with Gasteiger partial charge in [-0.2, -0.15) is 5.10 Å². The molecule has 158 valence electrons. The molecule has 30 heavy (non-hydrogen) atoms. The van der Waals surface area contributed by atoms with E-state index in [0.29, 0.717) is 25.9 Å². The van der Waals surface area contributed by atoms with Crippen molar-refractivity contribution in [2.75, 3.05) is 13.1 Å². The minimum Gasteiger partial charge on any atom is -0.241 e. The van der Waals surface area contributed by atoms with Crippen molar-refractivity contribution in [3.8, 4) is 5.69 Å². The van der Waals surface area contributed by atoms with Crippen LogP contribution >= 0.6 is 0 Å². The molecule has 3 aromatic rings. The molecule has 1 aliphatic rings. The number of aryl methyl sites for hydroxylation is 1. The summed E-state index contributed by atoms with van der Waals surface area (Å²) in [5.74, 6) is -1.73. The lowest BCUT2D eigenvalue weighted by Crippen LogP contribution is -2.38. The highest BCUT2D eigenvalue weighted by Crippen LogP contribution is 2.30. The van der Waals surface area contributed by atoms with E-state index in [9.17, 15) is 17.2 Å². The summed E-state index contributed by atoms with van der Waals surface area (Å²) in [4.78, 5) is 0. The monoisotopic (exact) mass is 431 g/mol. The molecule has 0 unspecified atom stereocenters. The number of hydrogen-bond donors (Lipinski definition) is 0. The average molecular weight is 432 g/mol. The Morgan fingerprint density at radius 1 is 1.07 bits per heavy atom. The molecule has 0 radical (unpaired) electrons. The van der Waals surface area contributed by atoms with Gasteiger partial charge in [-0.15, -0.1) is 0 Å². The van der Waals surface area contributed by atoms with Gasteiger partial charge in [0.1, 0.15) is 11.6 Å². The third kappa shape index (κ3) is 4.60. The molecule has 8 heteroatoms. The number of hydrogen-bond acceptors (Lipinski definition) is 3. The Kier molecular flexibility index (Phi) is 5.71. The normalized spacial score (nSPS) is 16.1. The first-order valence-corrected chi connectivity index (χ1v) is 11.5. The first-order chi connectivity index (χ1) is 14.3. The first-order valence-electron chi connectivity index (χ1n) is 9.84. The van der Waals surface area contributed by atoms with Gasteiger partial charge in [-0.1, -0.05) is 12.1 Å². The number of aromatic nitrogens is 2. The molecule has 1 fully saturated rings. The summed E-state index contributed by atoms with van der Waals surface area (Å²) in [5.41, 5.74) is 3.35. The molecular formula is C22H23F2N3O2S. The van der Waals surface area contributed by atoms with Gasteiger partial charge in [0.2, 0.25) is 10.0 Å². The van der Waals surface area contributed by atoms with Gasteiger partial charge in [-0.05, 0) is 66.6 Å². The van der Waals surface area contributed by atoms with E-state index in [0.717, 1.165) is 35.0 Å². The van der Waals surface area contributed by atoms with Crippen LogP contribution in [0.1, 0.15) is 35.4 Å². The van der Waals surface area contributed by atoms with E-state index in [-0.39, 0.29) is 11.5 Å². The van der Waals surface area contributed by atoms with Crippen molar-refractivity contribution in [2.45, 2.75) is 31.4 Å². The summed E-state index contributed by atoms with van der Waals surface area (Å²) in [6.07, 6.45) is 5.19. The summed E-state index contributed by atoms with van der Waals surface area (Å²) < 4.78 is 55.4. The molecule has 5 nitrogen and oxygen atoms in total. The molecule has 0 atom stereocenters. The summed E-state index contributed by atoms with van der Waals surface area (Å²) in [6, 6.07) is 10.9. The van der Waals surface area contributed by atoms with Gasteiger partial charge in [0, 0.05) is 25.4 Å². The van der Waals surface area contributed by atoms with E-state index >= 15 is 0 Å². The average Bonchev–Trinajstić information content (AvgIpc) is 3.17. The topological polar surface area (TPSA) is 55.2 Å². The third-order valence-corrected chi connectivity index (χ3v) is 7.31. The number of nitrogens with zero attached hydrogens (tertiary/aromatic N) is 3. The Balaban J connectivity index is 1.41. The van der Waals surface area contributed by atoms with E-state index in [1.54, 1.807) is 0 Å². The molecule has 1 saturated heterocycles. The highest BCUT2D eigenvalue weighted by molar-refractivity contribution is 7.88. The fourth-order valence-electron chi connectivity index (χ4n) is 3.92. The van der Waals surface area contributed by atoms with E-state index in [1.807, 2.05) is 42.2 Å². The van der Waals surface area contributed by atoms with Crippen molar-refractivity contribution in [1.82, 2.24) is 14.1 Å². The molecule has 1 aliphatic heterocycles. The summed E-state index contributed by atoms with van der Waals surface area (Å²) in [7, 11) is -3.64. The first kappa shape index (κ1) is 20.7. The van der Waals surface area contributed by atoms with E-state index in [4.69, 9.17) is 0 Å². The quantitative estimate of drug-likeness (QED) is 0.609. The zero-order valence-electron chi connectivity index (χ0n) is 16.6. The lowest BCUT2D eigenvalue weighted by molar-refractivity contribution is 0.319. The van der Waals surface area contributed by atoms with Gasteiger partial charge >= 0.3 is 0 Å². The van der Waals surface area contributed by atoms with Crippen molar-refractivity contribution >= 4 is 10.0 Å². The molecule has 2 aromatic carbocycles. The minimum atomic E-state index is -3.64. The van der Waals surface area contributed by atoms with Gasteiger partial charge in [0.15, 0.2) is 0 Å². The Morgan fingerprint density at radius 2 is 1.77 bits per heavy atom.